The lowest BCUT2D eigenvalue weighted by Crippen LogP contribution is -2.48. The lowest BCUT2D eigenvalue weighted by atomic mass is 10.2. The first-order chi connectivity index (χ1) is 13.9. The highest BCUT2D eigenvalue weighted by molar-refractivity contribution is 7.92. The fourth-order valence-electron chi connectivity index (χ4n) is 2.75. The van der Waals surface area contributed by atoms with Crippen LogP contribution in [-0.2, 0) is 21.0 Å². The van der Waals surface area contributed by atoms with Gasteiger partial charge in [-0.05, 0) is 44.2 Å². The molecule has 2 rings (SSSR count). The number of alkyl halides is 3. The maximum atomic E-state index is 13.0. The van der Waals surface area contributed by atoms with Gasteiger partial charge in [0.15, 0.2) is 0 Å². The Balaban J connectivity index is 2.07. The summed E-state index contributed by atoms with van der Waals surface area (Å²) >= 11 is 0. The van der Waals surface area contributed by atoms with Crippen LogP contribution in [0.15, 0.2) is 48.5 Å². The summed E-state index contributed by atoms with van der Waals surface area (Å²) in [5.41, 5.74) is -0.182. The molecule has 0 spiro atoms. The molecular weight excluding hydrogens is 421 g/mol. The first kappa shape index (κ1) is 23.5. The van der Waals surface area contributed by atoms with Gasteiger partial charge >= 0.3 is 6.18 Å². The van der Waals surface area contributed by atoms with E-state index >= 15 is 0 Å². The van der Waals surface area contributed by atoms with Gasteiger partial charge in [-0.25, -0.2) is 8.42 Å². The fraction of sp³-hybridized carbons (Fsp3) is 0.350. The van der Waals surface area contributed by atoms with Gasteiger partial charge in [0.25, 0.3) is 0 Å². The summed E-state index contributed by atoms with van der Waals surface area (Å²) in [6, 6.07) is 9.86. The number of anilines is 1. The van der Waals surface area contributed by atoms with Crippen LogP contribution in [0, 0.1) is 6.92 Å². The molecule has 1 amide bonds. The zero-order valence-corrected chi connectivity index (χ0v) is 17.5. The smallest absolute Gasteiger partial charge is 0.416 e. The van der Waals surface area contributed by atoms with Crippen LogP contribution in [0.1, 0.15) is 18.1 Å². The number of benzene rings is 2. The molecule has 0 saturated heterocycles. The molecule has 0 unspecified atom stereocenters. The molecule has 1 atom stereocenters. The van der Waals surface area contributed by atoms with Crippen LogP contribution in [0.5, 0.6) is 5.75 Å². The van der Waals surface area contributed by atoms with Crippen LogP contribution in [0.2, 0.25) is 0 Å². The van der Waals surface area contributed by atoms with E-state index in [1.165, 1.54) is 13.0 Å². The highest BCUT2D eigenvalue weighted by Crippen LogP contribution is 2.32. The predicted molar refractivity (Wildman–Crippen MR) is 108 cm³/mol. The average molecular weight is 444 g/mol. The number of carbonyl (C=O) groups is 1. The number of ether oxygens (including phenoxy) is 1. The van der Waals surface area contributed by atoms with Crippen molar-refractivity contribution in [2.75, 3.05) is 23.7 Å². The zero-order valence-electron chi connectivity index (χ0n) is 16.7. The summed E-state index contributed by atoms with van der Waals surface area (Å²) in [4.78, 5) is 12.4. The van der Waals surface area contributed by atoms with Crippen LogP contribution in [0.25, 0.3) is 0 Å². The van der Waals surface area contributed by atoms with E-state index in [0.29, 0.717) is 16.1 Å². The molecule has 1 N–H and O–H groups in total. The number of halogens is 3. The van der Waals surface area contributed by atoms with Gasteiger partial charge < -0.3 is 10.1 Å². The van der Waals surface area contributed by atoms with Gasteiger partial charge in [0.2, 0.25) is 15.9 Å². The number of nitrogens with zero attached hydrogens (tertiary/aromatic N) is 1. The largest absolute Gasteiger partial charge is 0.492 e. The number of rotatable bonds is 8. The topological polar surface area (TPSA) is 75.7 Å². The molecule has 30 heavy (non-hydrogen) atoms. The van der Waals surface area contributed by atoms with E-state index < -0.39 is 33.7 Å². The van der Waals surface area contributed by atoms with Crippen molar-refractivity contribution in [3.63, 3.8) is 0 Å². The quantitative estimate of drug-likeness (QED) is 0.634. The summed E-state index contributed by atoms with van der Waals surface area (Å²) in [7, 11) is -4.03. The van der Waals surface area contributed by atoms with Gasteiger partial charge in [0.05, 0.1) is 24.1 Å². The number of hydrogen-bond donors (Lipinski definition) is 1. The number of amides is 1. The third-order valence-electron chi connectivity index (χ3n) is 4.21. The van der Waals surface area contributed by atoms with Crippen LogP contribution >= 0.6 is 0 Å². The molecule has 0 aliphatic heterocycles. The molecule has 2 aromatic rings. The van der Waals surface area contributed by atoms with Gasteiger partial charge in [0.1, 0.15) is 18.4 Å². The van der Waals surface area contributed by atoms with Crippen molar-refractivity contribution in [2.45, 2.75) is 26.1 Å². The van der Waals surface area contributed by atoms with Gasteiger partial charge in [0, 0.05) is 0 Å². The number of sulfonamides is 1. The Kier molecular flexibility index (Phi) is 7.35. The number of nitrogens with one attached hydrogen (secondary N) is 1. The van der Waals surface area contributed by atoms with Crippen molar-refractivity contribution >= 4 is 21.6 Å². The first-order valence-corrected chi connectivity index (χ1v) is 10.9. The van der Waals surface area contributed by atoms with Crippen molar-refractivity contribution in [2.24, 2.45) is 0 Å². The number of carbonyl (C=O) groups excluding carboxylic acids is 1. The monoisotopic (exact) mass is 444 g/mol. The van der Waals surface area contributed by atoms with Crippen molar-refractivity contribution in [3.8, 4) is 5.75 Å². The molecule has 0 radical (unpaired) electrons. The minimum absolute atomic E-state index is 0.0945. The van der Waals surface area contributed by atoms with Gasteiger partial charge in [-0.1, -0.05) is 23.8 Å². The zero-order chi connectivity index (χ0) is 22.5. The first-order valence-electron chi connectivity index (χ1n) is 9.03. The van der Waals surface area contributed by atoms with E-state index in [2.05, 4.69) is 5.32 Å². The third-order valence-corrected chi connectivity index (χ3v) is 5.45. The Morgan fingerprint density at radius 2 is 1.80 bits per heavy atom. The lowest BCUT2D eigenvalue weighted by molar-refractivity contribution is -0.137. The van der Waals surface area contributed by atoms with Crippen molar-refractivity contribution in [1.82, 2.24) is 5.32 Å². The summed E-state index contributed by atoms with van der Waals surface area (Å²) in [5.74, 6) is -0.0463. The molecule has 0 heterocycles. The second-order valence-electron chi connectivity index (χ2n) is 6.74. The highest BCUT2D eigenvalue weighted by Gasteiger charge is 2.33. The molecule has 0 bridgehead atoms. The Bertz CT molecular complexity index is 976. The van der Waals surface area contributed by atoms with E-state index in [-0.39, 0.29) is 18.8 Å². The maximum absolute atomic E-state index is 13.0. The molecule has 164 valence electrons. The standard InChI is InChI=1S/C20H23F3N2O4S/c1-14-7-9-18(10-8-14)29-12-11-24-19(26)15(2)25(30(3,27)28)17-6-4-5-16(13-17)20(21,22)23/h4-10,13,15H,11-12H2,1-3H3,(H,24,26)/t15-/m1/s1. The molecule has 0 saturated carbocycles. The molecular formula is C20H23F3N2O4S. The molecule has 10 heteroatoms. The summed E-state index contributed by atoms with van der Waals surface area (Å²) in [6.07, 6.45) is -3.81. The van der Waals surface area contributed by atoms with Gasteiger partial charge in [-0.3, -0.25) is 9.10 Å². The van der Waals surface area contributed by atoms with Gasteiger partial charge in [-0.15, -0.1) is 0 Å². The minimum atomic E-state index is -4.64. The van der Waals surface area contributed by atoms with Crippen LogP contribution in [0.4, 0.5) is 18.9 Å². The lowest BCUT2D eigenvalue weighted by Gasteiger charge is -2.28. The van der Waals surface area contributed by atoms with Crippen LogP contribution < -0.4 is 14.4 Å². The van der Waals surface area contributed by atoms with E-state index in [4.69, 9.17) is 4.74 Å². The van der Waals surface area contributed by atoms with Gasteiger partial charge in [-0.2, -0.15) is 13.2 Å². The molecule has 2 aromatic carbocycles. The molecule has 0 aromatic heterocycles. The Morgan fingerprint density at radius 3 is 2.37 bits per heavy atom. The highest BCUT2D eigenvalue weighted by atomic mass is 32.2. The Labute approximate surface area is 173 Å². The normalized spacial score (nSPS) is 12.9. The second-order valence-corrected chi connectivity index (χ2v) is 8.59. The van der Waals surface area contributed by atoms with Crippen molar-refractivity contribution < 1.29 is 31.1 Å². The van der Waals surface area contributed by atoms with E-state index in [0.717, 1.165) is 24.0 Å². The summed E-state index contributed by atoms with van der Waals surface area (Å²) < 4.78 is 69.6. The molecule has 0 aliphatic rings. The fourth-order valence-corrected chi connectivity index (χ4v) is 3.92. The van der Waals surface area contributed by atoms with Crippen molar-refractivity contribution in [3.05, 3.63) is 59.7 Å². The molecule has 0 aliphatic carbocycles. The van der Waals surface area contributed by atoms with Crippen molar-refractivity contribution in [1.29, 1.82) is 0 Å². The Morgan fingerprint density at radius 1 is 1.17 bits per heavy atom. The molecule has 6 nitrogen and oxygen atoms in total. The second kappa shape index (κ2) is 9.38. The average Bonchev–Trinajstić information content (AvgIpc) is 2.65. The summed E-state index contributed by atoms with van der Waals surface area (Å²) in [5, 5.41) is 2.54. The number of hydrogen-bond acceptors (Lipinski definition) is 4. The van der Waals surface area contributed by atoms with E-state index in [9.17, 15) is 26.4 Å². The Hall–Kier alpha value is -2.75. The third kappa shape index (κ3) is 6.38. The number of aryl methyl sites for hydroxylation is 1. The SMILES string of the molecule is Cc1ccc(OCCNC(=O)[C@@H](C)N(c2cccc(C(F)(F)F)c2)S(C)(=O)=O)cc1. The summed E-state index contributed by atoms with van der Waals surface area (Å²) in [6.45, 7) is 3.47. The maximum Gasteiger partial charge on any atom is 0.416 e. The van der Waals surface area contributed by atoms with E-state index in [1.807, 2.05) is 19.1 Å². The van der Waals surface area contributed by atoms with Crippen LogP contribution in [0.3, 0.4) is 0 Å². The van der Waals surface area contributed by atoms with Crippen LogP contribution in [-0.4, -0.2) is 39.8 Å². The van der Waals surface area contributed by atoms with E-state index in [1.54, 1.807) is 12.1 Å². The molecule has 0 fully saturated rings. The predicted octanol–water partition coefficient (Wildman–Crippen LogP) is 3.36. The minimum Gasteiger partial charge on any atom is -0.492 e.